The van der Waals surface area contributed by atoms with Crippen molar-refractivity contribution in [2.45, 2.75) is 24.8 Å². The highest BCUT2D eigenvalue weighted by molar-refractivity contribution is 7.89. The molecule has 116 valence electrons. The van der Waals surface area contributed by atoms with Crippen LogP contribution in [0.3, 0.4) is 0 Å². The summed E-state index contributed by atoms with van der Waals surface area (Å²) in [7, 11) is -4.02. The van der Waals surface area contributed by atoms with Crippen LogP contribution in [0.2, 0.25) is 0 Å². The molecule has 9 heteroatoms. The van der Waals surface area contributed by atoms with Crippen molar-refractivity contribution in [1.29, 1.82) is 0 Å². The molecule has 0 heterocycles. The molecule has 5 N–H and O–H groups in total. The van der Waals surface area contributed by atoms with Crippen LogP contribution in [0.25, 0.3) is 0 Å². The average Bonchev–Trinajstić information content (AvgIpc) is 2.33. The quantitative estimate of drug-likeness (QED) is 0.659. The number of benzene rings is 1. The molecule has 1 amide bonds. The van der Waals surface area contributed by atoms with Crippen LogP contribution in [0.4, 0.5) is 5.69 Å². The number of sulfonamides is 1. The van der Waals surface area contributed by atoms with Gasteiger partial charge in [-0.3, -0.25) is 4.79 Å². The van der Waals surface area contributed by atoms with Crippen molar-refractivity contribution in [3.63, 3.8) is 0 Å². The van der Waals surface area contributed by atoms with Gasteiger partial charge in [0.2, 0.25) is 15.9 Å². The lowest BCUT2D eigenvalue weighted by Crippen LogP contribution is -2.39. The van der Waals surface area contributed by atoms with Gasteiger partial charge >= 0.3 is 5.97 Å². The minimum absolute atomic E-state index is 0.188. The molecular weight excluding hydrogens is 298 g/mol. The Balaban J connectivity index is 3.47. The molecular formula is C12H17N3O5S. The Hall–Kier alpha value is -2.13. The summed E-state index contributed by atoms with van der Waals surface area (Å²) in [6.07, 6.45) is 0. The number of hydrogen-bond donors (Lipinski definition) is 3. The van der Waals surface area contributed by atoms with Crippen LogP contribution in [0.15, 0.2) is 23.1 Å². The number of primary sulfonamides is 1. The summed E-state index contributed by atoms with van der Waals surface area (Å²) >= 11 is 0. The predicted octanol–water partition coefficient (Wildman–Crippen LogP) is -0.268. The van der Waals surface area contributed by atoms with E-state index in [2.05, 4.69) is 0 Å². The number of rotatable bonds is 6. The van der Waals surface area contributed by atoms with Gasteiger partial charge in [0.25, 0.3) is 0 Å². The summed E-state index contributed by atoms with van der Waals surface area (Å²) in [5.74, 6) is -1.96. The largest absolute Gasteiger partial charge is 0.478 e. The number of anilines is 1. The summed E-state index contributed by atoms with van der Waals surface area (Å²) in [5, 5.41) is 14.2. The maximum atomic E-state index is 11.3. The van der Waals surface area contributed by atoms with Gasteiger partial charge in [-0.05, 0) is 32.0 Å². The summed E-state index contributed by atoms with van der Waals surface area (Å²) in [4.78, 5) is 23.6. The summed E-state index contributed by atoms with van der Waals surface area (Å²) < 4.78 is 22.6. The topological polar surface area (TPSA) is 144 Å². The first-order chi connectivity index (χ1) is 9.54. The van der Waals surface area contributed by atoms with Gasteiger partial charge in [0, 0.05) is 6.04 Å². The molecule has 0 bridgehead atoms. The van der Waals surface area contributed by atoms with Crippen molar-refractivity contribution in [3.8, 4) is 0 Å². The molecule has 1 rings (SSSR count). The Morgan fingerprint density at radius 1 is 1.33 bits per heavy atom. The van der Waals surface area contributed by atoms with Crippen LogP contribution in [-0.4, -0.2) is 38.0 Å². The second-order valence-electron chi connectivity index (χ2n) is 4.72. The number of carboxylic acids is 1. The molecule has 0 unspecified atom stereocenters. The van der Waals surface area contributed by atoms with Crippen molar-refractivity contribution in [2.24, 2.45) is 10.9 Å². The van der Waals surface area contributed by atoms with Crippen LogP contribution >= 0.6 is 0 Å². The maximum Gasteiger partial charge on any atom is 0.337 e. The lowest BCUT2D eigenvalue weighted by atomic mass is 10.1. The van der Waals surface area contributed by atoms with E-state index in [0.717, 1.165) is 6.07 Å². The van der Waals surface area contributed by atoms with E-state index in [1.165, 1.54) is 17.0 Å². The number of carbonyl (C=O) groups excluding carboxylic acids is 1. The van der Waals surface area contributed by atoms with Crippen molar-refractivity contribution < 1.29 is 23.1 Å². The van der Waals surface area contributed by atoms with Crippen LogP contribution in [0, 0.1) is 0 Å². The monoisotopic (exact) mass is 315 g/mol. The fourth-order valence-electron chi connectivity index (χ4n) is 1.83. The Labute approximate surface area is 122 Å². The molecule has 0 saturated heterocycles. The van der Waals surface area contributed by atoms with Gasteiger partial charge in [0.15, 0.2) is 0 Å². The number of hydrogen-bond acceptors (Lipinski definition) is 5. The first-order valence-electron chi connectivity index (χ1n) is 5.99. The van der Waals surface area contributed by atoms with Crippen LogP contribution in [-0.2, 0) is 14.8 Å². The molecule has 8 nitrogen and oxygen atoms in total. The lowest BCUT2D eigenvalue weighted by molar-refractivity contribution is -0.116. The second kappa shape index (κ2) is 6.10. The first-order valence-corrected chi connectivity index (χ1v) is 7.53. The van der Waals surface area contributed by atoms with E-state index in [9.17, 15) is 23.1 Å². The lowest BCUT2D eigenvalue weighted by Gasteiger charge is -2.29. The third kappa shape index (κ3) is 4.17. The normalized spacial score (nSPS) is 11.4. The minimum Gasteiger partial charge on any atom is -0.478 e. The fourth-order valence-corrected chi connectivity index (χ4v) is 2.37. The molecule has 0 radical (unpaired) electrons. The molecule has 0 atom stereocenters. The van der Waals surface area contributed by atoms with Crippen LogP contribution in [0.5, 0.6) is 0 Å². The zero-order valence-corrected chi connectivity index (χ0v) is 12.4. The van der Waals surface area contributed by atoms with E-state index in [-0.39, 0.29) is 28.7 Å². The van der Waals surface area contributed by atoms with E-state index >= 15 is 0 Å². The Kier molecular flexibility index (Phi) is 4.92. The molecule has 0 fully saturated rings. The summed E-state index contributed by atoms with van der Waals surface area (Å²) in [6.45, 7) is 3.32. The number of nitrogens with two attached hydrogens (primary N) is 2. The summed E-state index contributed by atoms with van der Waals surface area (Å²) in [6, 6.07) is 3.24. The van der Waals surface area contributed by atoms with Crippen molar-refractivity contribution in [1.82, 2.24) is 0 Å². The number of aromatic carboxylic acids is 1. The predicted molar refractivity (Wildman–Crippen MR) is 76.5 cm³/mol. The SMILES string of the molecule is CC(C)N(CC(N)=O)c1ccc(S(N)(=O)=O)cc1C(=O)O. The Bertz CT molecular complexity index is 669. The van der Waals surface area contributed by atoms with E-state index in [1.54, 1.807) is 13.8 Å². The van der Waals surface area contributed by atoms with Gasteiger partial charge < -0.3 is 15.7 Å². The van der Waals surface area contributed by atoms with E-state index in [4.69, 9.17) is 10.9 Å². The standard InChI is InChI=1S/C12H17N3O5S/c1-7(2)15(6-11(13)16)10-4-3-8(21(14,19)20)5-9(10)12(17)18/h3-5,7H,6H2,1-2H3,(H2,13,16)(H,17,18)(H2,14,19,20). The van der Waals surface area contributed by atoms with Gasteiger partial charge in [-0.25, -0.2) is 18.4 Å². The van der Waals surface area contributed by atoms with Crippen molar-refractivity contribution in [2.75, 3.05) is 11.4 Å². The molecule has 21 heavy (non-hydrogen) atoms. The zero-order valence-electron chi connectivity index (χ0n) is 11.6. The third-order valence-corrected chi connectivity index (χ3v) is 3.70. The van der Waals surface area contributed by atoms with Gasteiger partial charge in [-0.2, -0.15) is 0 Å². The van der Waals surface area contributed by atoms with Gasteiger partial charge in [-0.1, -0.05) is 0 Å². The van der Waals surface area contributed by atoms with E-state index in [0.29, 0.717) is 0 Å². The molecule has 1 aromatic rings. The zero-order chi connectivity index (χ0) is 16.4. The Morgan fingerprint density at radius 2 is 1.90 bits per heavy atom. The van der Waals surface area contributed by atoms with Crippen molar-refractivity contribution in [3.05, 3.63) is 23.8 Å². The fraction of sp³-hybridized carbons (Fsp3) is 0.333. The molecule has 0 aliphatic carbocycles. The molecule has 0 aliphatic rings. The number of nitrogens with zero attached hydrogens (tertiary/aromatic N) is 1. The third-order valence-electron chi connectivity index (χ3n) is 2.79. The molecule has 0 spiro atoms. The minimum atomic E-state index is -4.02. The van der Waals surface area contributed by atoms with Crippen LogP contribution in [0.1, 0.15) is 24.2 Å². The number of amides is 1. The first kappa shape index (κ1) is 16.9. The highest BCUT2D eigenvalue weighted by Gasteiger charge is 2.22. The van der Waals surface area contributed by atoms with Gasteiger partial charge in [0.1, 0.15) is 0 Å². The number of primary amides is 1. The smallest absolute Gasteiger partial charge is 0.337 e. The van der Waals surface area contributed by atoms with E-state index < -0.39 is 21.9 Å². The highest BCUT2D eigenvalue weighted by Crippen LogP contribution is 2.25. The molecule has 0 aromatic heterocycles. The molecule has 0 saturated carbocycles. The Morgan fingerprint density at radius 3 is 2.29 bits per heavy atom. The summed E-state index contributed by atoms with van der Waals surface area (Å²) in [5.41, 5.74) is 5.08. The van der Waals surface area contributed by atoms with E-state index in [1.807, 2.05) is 0 Å². The number of carboxylic acid groups (broad SMARTS) is 1. The molecule has 1 aromatic carbocycles. The van der Waals surface area contributed by atoms with Crippen molar-refractivity contribution >= 4 is 27.6 Å². The second-order valence-corrected chi connectivity index (χ2v) is 6.28. The molecule has 0 aliphatic heterocycles. The van der Waals surface area contributed by atoms with Crippen LogP contribution < -0.4 is 15.8 Å². The average molecular weight is 315 g/mol. The maximum absolute atomic E-state index is 11.3. The highest BCUT2D eigenvalue weighted by atomic mass is 32.2. The van der Waals surface area contributed by atoms with Gasteiger partial charge in [-0.15, -0.1) is 0 Å². The van der Waals surface area contributed by atoms with Gasteiger partial charge in [0.05, 0.1) is 22.7 Å². The number of carbonyl (C=O) groups is 2.